The van der Waals surface area contributed by atoms with Crippen molar-refractivity contribution in [2.45, 2.75) is 6.04 Å². The van der Waals surface area contributed by atoms with Crippen LogP contribution in [0.2, 0.25) is 0 Å². The van der Waals surface area contributed by atoms with Gasteiger partial charge in [0.1, 0.15) is 6.04 Å². The minimum atomic E-state index is -1.18. The number of aliphatic hydroxyl groups excluding tert-OH is 1. The number of carbonyl (C=O) groups excluding carboxylic acids is 2. The monoisotopic (exact) mass is 191 g/mol. The van der Waals surface area contributed by atoms with Gasteiger partial charge in [-0.2, -0.15) is 0 Å². The van der Waals surface area contributed by atoms with Crippen LogP contribution in [0.1, 0.15) is 0 Å². The van der Waals surface area contributed by atoms with Gasteiger partial charge in [0, 0.05) is 0 Å². The van der Waals surface area contributed by atoms with Gasteiger partial charge in [-0.25, -0.2) is 20.4 Å². The highest BCUT2D eigenvalue weighted by atomic mass is 16.4. The summed E-state index contributed by atoms with van der Waals surface area (Å²) in [5, 5.41) is 26.7. The number of hydrogen-bond acceptors (Lipinski definition) is 7. The molecule has 0 heterocycles. The van der Waals surface area contributed by atoms with E-state index in [2.05, 4.69) is 0 Å². The second-order valence-corrected chi connectivity index (χ2v) is 1.33. The maximum absolute atomic E-state index is 9.65. The van der Waals surface area contributed by atoms with Crippen LogP contribution in [0.4, 0.5) is 0 Å². The Balaban J connectivity index is -0.000000140. The number of aliphatic carboxylic acids is 1. The summed E-state index contributed by atoms with van der Waals surface area (Å²) in [4.78, 5) is 26.3. The highest BCUT2D eigenvalue weighted by Crippen LogP contribution is 1.71. The molecule has 0 aromatic carbocycles. The molecule has 1 atom stereocenters. The van der Waals surface area contributed by atoms with Crippen molar-refractivity contribution in [1.82, 2.24) is 0 Å². The second-order valence-electron chi connectivity index (χ2n) is 1.33. The van der Waals surface area contributed by atoms with E-state index >= 15 is 0 Å². The first-order valence-corrected chi connectivity index (χ1v) is 2.68. The third-order valence-corrected chi connectivity index (χ3v) is 0.514. The summed E-state index contributed by atoms with van der Waals surface area (Å²) < 4.78 is 0. The van der Waals surface area contributed by atoms with E-state index in [4.69, 9.17) is 36.4 Å². The molecule has 8 nitrogen and oxygen atoms in total. The average molecular weight is 191 g/mol. The SMILES string of the molecule is N=C=O.N=C=O.N[C@@H](CO)C(=O)O. The summed E-state index contributed by atoms with van der Waals surface area (Å²) in [5.74, 6) is -1.18. The highest BCUT2D eigenvalue weighted by Gasteiger charge is 2.06. The summed E-state index contributed by atoms with van der Waals surface area (Å²) in [7, 11) is 0. The molecule has 0 aromatic rings. The molecule has 0 aliphatic heterocycles. The van der Waals surface area contributed by atoms with E-state index in [1.165, 1.54) is 0 Å². The fourth-order valence-corrected chi connectivity index (χ4v) is 0.0781. The zero-order valence-electron chi connectivity index (χ0n) is 6.48. The van der Waals surface area contributed by atoms with Gasteiger partial charge in [-0.1, -0.05) is 0 Å². The number of carboxylic acids is 1. The third-order valence-electron chi connectivity index (χ3n) is 0.514. The van der Waals surface area contributed by atoms with Gasteiger partial charge in [0.25, 0.3) is 0 Å². The Morgan fingerprint density at radius 2 is 1.62 bits per heavy atom. The number of carbonyl (C=O) groups is 1. The van der Waals surface area contributed by atoms with Crippen molar-refractivity contribution in [3.8, 4) is 0 Å². The maximum Gasteiger partial charge on any atom is 0.322 e. The number of isocyanates is 2. The highest BCUT2D eigenvalue weighted by molar-refractivity contribution is 5.73. The number of carboxylic acid groups (broad SMARTS) is 1. The minimum absolute atomic E-state index is 0.505. The van der Waals surface area contributed by atoms with Gasteiger partial charge in [0.2, 0.25) is 12.2 Å². The molecular formula is C5H9N3O5. The first-order chi connectivity index (χ1) is 6.01. The molecule has 0 bridgehead atoms. The number of hydrogen-bond donors (Lipinski definition) is 5. The number of nitrogens with one attached hydrogen (secondary N) is 2. The fourth-order valence-electron chi connectivity index (χ4n) is 0.0781. The van der Waals surface area contributed by atoms with Gasteiger partial charge in [-0.3, -0.25) is 4.79 Å². The number of rotatable bonds is 2. The van der Waals surface area contributed by atoms with E-state index in [9.17, 15) is 4.79 Å². The van der Waals surface area contributed by atoms with Crippen molar-refractivity contribution >= 4 is 18.1 Å². The zero-order valence-corrected chi connectivity index (χ0v) is 6.48. The van der Waals surface area contributed by atoms with Crippen molar-refractivity contribution in [3.05, 3.63) is 0 Å². The van der Waals surface area contributed by atoms with Crippen molar-refractivity contribution in [3.63, 3.8) is 0 Å². The molecule has 0 aromatic heterocycles. The molecular weight excluding hydrogens is 182 g/mol. The lowest BCUT2D eigenvalue weighted by molar-refractivity contribution is -0.139. The fraction of sp³-hybridized carbons (Fsp3) is 0.400. The quantitative estimate of drug-likeness (QED) is 0.255. The Kier molecular flexibility index (Phi) is 22.1. The van der Waals surface area contributed by atoms with Crippen LogP contribution in [-0.4, -0.2) is 41.0 Å². The zero-order chi connectivity index (χ0) is 11.3. The Bertz CT molecular complexity index is 180. The second kappa shape index (κ2) is 16.6. The lowest BCUT2D eigenvalue weighted by Crippen LogP contribution is -2.33. The average Bonchev–Trinajstić information content (AvgIpc) is 2.05. The van der Waals surface area contributed by atoms with Crippen molar-refractivity contribution in [2.75, 3.05) is 6.61 Å². The first-order valence-electron chi connectivity index (χ1n) is 2.68. The lowest BCUT2D eigenvalue weighted by Gasteiger charge is -1.96. The van der Waals surface area contributed by atoms with Gasteiger partial charge in [-0.05, 0) is 0 Å². The van der Waals surface area contributed by atoms with Crippen LogP contribution in [-0.2, 0) is 14.4 Å². The number of nitrogens with two attached hydrogens (primary N) is 1. The third kappa shape index (κ3) is 39.1. The normalized spacial score (nSPS) is 8.46. The van der Waals surface area contributed by atoms with Crippen LogP contribution in [0.5, 0.6) is 0 Å². The molecule has 6 N–H and O–H groups in total. The van der Waals surface area contributed by atoms with Crippen LogP contribution in [0.15, 0.2) is 0 Å². The van der Waals surface area contributed by atoms with E-state index in [0.29, 0.717) is 0 Å². The van der Waals surface area contributed by atoms with E-state index in [-0.39, 0.29) is 0 Å². The molecule has 0 saturated carbocycles. The molecule has 0 spiro atoms. The molecule has 0 unspecified atom stereocenters. The smallest absolute Gasteiger partial charge is 0.322 e. The molecule has 0 amide bonds. The van der Waals surface area contributed by atoms with Crippen LogP contribution in [0, 0.1) is 10.8 Å². The molecule has 13 heavy (non-hydrogen) atoms. The summed E-state index contributed by atoms with van der Waals surface area (Å²) in [5.41, 5.74) is 4.77. The minimum Gasteiger partial charge on any atom is -0.480 e. The van der Waals surface area contributed by atoms with Crippen molar-refractivity contribution in [1.29, 1.82) is 10.8 Å². The molecule has 0 rings (SSSR count). The predicted octanol–water partition coefficient (Wildman–Crippen LogP) is -1.81. The standard InChI is InChI=1S/C3H7NO3.2CHNO/c4-2(1-5)3(6)7;2*2-1-3/h2,5H,1,4H2,(H,6,7);2*2H/t2-;;/m0../s1. The van der Waals surface area contributed by atoms with Crippen molar-refractivity contribution < 1.29 is 24.6 Å². The van der Waals surface area contributed by atoms with Crippen molar-refractivity contribution in [2.24, 2.45) is 5.73 Å². The molecule has 0 radical (unpaired) electrons. The molecule has 8 heteroatoms. The molecule has 74 valence electrons. The van der Waals surface area contributed by atoms with Crippen LogP contribution in [0.3, 0.4) is 0 Å². The van der Waals surface area contributed by atoms with Gasteiger partial charge >= 0.3 is 5.97 Å². The Morgan fingerprint density at radius 1 is 1.38 bits per heavy atom. The van der Waals surface area contributed by atoms with Crippen LogP contribution in [0.25, 0.3) is 0 Å². The topological polar surface area (TPSA) is 165 Å². The van der Waals surface area contributed by atoms with E-state index in [0.717, 1.165) is 12.2 Å². The molecule has 0 aliphatic rings. The maximum atomic E-state index is 9.65. The number of aliphatic hydroxyl groups is 1. The van der Waals surface area contributed by atoms with Gasteiger partial charge < -0.3 is 15.9 Å². The summed E-state index contributed by atoms with van der Waals surface area (Å²) >= 11 is 0. The van der Waals surface area contributed by atoms with E-state index in [1.807, 2.05) is 0 Å². The summed E-state index contributed by atoms with van der Waals surface area (Å²) in [6.07, 6.45) is 1.50. The first kappa shape index (κ1) is 17.3. The Morgan fingerprint density at radius 3 is 1.62 bits per heavy atom. The van der Waals surface area contributed by atoms with E-state index < -0.39 is 18.6 Å². The summed E-state index contributed by atoms with van der Waals surface area (Å²) in [6, 6.07) is -1.13. The molecule has 0 fully saturated rings. The Hall–Kier alpha value is -1.85. The molecule has 0 aliphatic carbocycles. The summed E-state index contributed by atoms with van der Waals surface area (Å²) in [6.45, 7) is -0.505. The predicted molar refractivity (Wildman–Crippen MR) is 39.5 cm³/mol. The lowest BCUT2D eigenvalue weighted by atomic mass is 10.3. The van der Waals surface area contributed by atoms with Gasteiger partial charge in [0.05, 0.1) is 6.61 Å². The van der Waals surface area contributed by atoms with Gasteiger partial charge in [0.15, 0.2) is 0 Å². The van der Waals surface area contributed by atoms with Crippen LogP contribution >= 0.6 is 0 Å². The largest absolute Gasteiger partial charge is 0.480 e. The van der Waals surface area contributed by atoms with Crippen LogP contribution < -0.4 is 5.73 Å². The van der Waals surface area contributed by atoms with E-state index in [1.54, 1.807) is 0 Å². The van der Waals surface area contributed by atoms with Gasteiger partial charge in [-0.15, -0.1) is 0 Å². The molecule has 0 saturated heterocycles. The Labute approximate surface area is 73.0 Å².